The van der Waals surface area contributed by atoms with E-state index in [2.05, 4.69) is 4.90 Å². The predicted octanol–water partition coefficient (Wildman–Crippen LogP) is 2.60. The van der Waals surface area contributed by atoms with E-state index in [-0.39, 0.29) is 24.3 Å². The van der Waals surface area contributed by atoms with E-state index in [9.17, 15) is 14.4 Å². The van der Waals surface area contributed by atoms with Crippen LogP contribution in [0.2, 0.25) is 5.02 Å². The summed E-state index contributed by atoms with van der Waals surface area (Å²) >= 11 is 6.09. The summed E-state index contributed by atoms with van der Waals surface area (Å²) in [5.41, 5.74) is 0.0223. The molecule has 2 aromatic rings. The van der Waals surface area contributed by atoms with Crippen LogP contribution in [0.25, 0.3) is 0 Å². The molecule has 10 heteroatoms. The van der Waals surface area contributed by atoms with Crippen LogP contribution in [0.4, 0.5) is 0 Å². The summed E-state index contributed by atoms with van der Waals surface area (Å²) in [5, 5.41) is 0.505. The van der Waals surface area contributed by atoms with Crippen molar-refractivity contribution in [3.8, 4) is 5.75 Å². The first-order chi connectivity index (χ1) is 18.3. The van der Waals surface area contributed by atoms with E-state index in [0.29, 0.717) is 60.9 Å². The zero-order chi connectivity index (χ0) is 26.9. The Morgan fingerprint density at radius 3 is 2.21 bits per heavy atom. The van der Waals surface area contributed by atoms with Crippen molar-refractivity contribution in [1.29, 1.82) is 0 Å². The summed E-state index contributed by atoms with van der Waals surface area (Å²) in [6.07, 6.45) is 0.821. The van der Waals surface area contributed by atoms with Gasteiger partial charge in [-0.3, -0.25) is 19.3 Å². The lowest BCUT2D eigenvalue weighted by atomic mass is 9.96. The third-order valence-corrected chi connectivity index (χ3v) is 8.05. The predicted molar refractivity (Wildman–Crippen MR) is 142 cm³/mol. The summed E-state index contributed by atoms with van der Waals surface area (Å²) in [6.45, 7) is 3.74. The first-order valence-corrected chi connectivity index (χ1v) is 13.3. The molecule has 0 bridgehead atoms. The molecule has 1 unspecified atom stereocenters. The highest BCUT2D eigenvalue weighted by Gasteiger charge is 2.55. The van der Waals surface area contributed by atoms with Gasteiger partial charge in [-0.25, -0.2) is 0 Å². The van der Waals surface area contributed by atoms with Gasteiger partial charge in [0.1, 0.15) is 17.5 Å². The minimum atomic E-state index is -0.963. The van der Waals surface area contributed by atoms with Crippen molar-refractivity contribution in [1.82, 2.24) is 19.6 Å². The van der Waals surface area contributed by atoms with Gasteiger partial charge in [0.2, 0.25) is 5.91 Å². The van der Waals surface area contributed by atoms with Crippen molar-refractivity contribution >= 4 is 29.3 Å². The second-order valence-electron chi connectivity index (χ2n) is 10.1. The van der Waals surface area contributed by atoms with Crippen molar-refractivity contribution in [2.45, 2.75) is 24.6 Å². The average Bonchev–Trinajstić information content (AvgIpc) is 3.31. The SMILES string of the molecule is COc1ccc(C(=O)N2C(C(=O)N3CCN(C)CC3)COC23CCN(C(=O)c2cccc(Cl)c2)CC3)cc1. The minimum absolute atomic E-state index is 0.0886. The van der Waals surface area contributed by atoms with Gasteiger partial charge < -0.3 is 24.2 Å². The molecule has 0 saturated carbocycles. The summed E-state index contributed by atoms with van der Waals surface area (Å²) in [4.78, 5) is 48.2. The molecule has 202 valence electrons. The first kappa shape index (κ1) is 26.5. The molecule has 9 nitrogen and oxygen atoms in total. The molecular formula is C28H33ClN4O5. The van der Waals surface area contributed by atoms with Crippen LogP contribution >= 0.6 is 11.6 Å². The summed E-state index contributed by atoms with van der Waals surface area (Å²) in [6, 6.07) is 13.1. The highest BCUT2D eigenvalue weighted by atomic mass is 35.5. The van der Waals surface area contributed by atoms with E-state index in [1.807, 2.05) is 11.9 Å². The lowest BCUT2D eigenvalue weighted by Crippen LogP contribution is -2.61. The van der Waals surface area contributed by atoms with Crippen LogP contribution in [0.3, 0.4) is 0 Å². The maximum Gasteiger partial charge on any atom is 0.256 e. The second-order valence-corrected chi connectivity index (χ2v) is 10.5. The Morgan fingerprint density at radius 1 is 0.895 bits per heavy atom. The maximum absolute atomic E-state index is 14.0. The lowest BCUT2D eigenvalue weighted by molar-refractivity contribution is -0.139. The van der Waals surface area contributed by atoms with E-state index in [1.165, 1.54) is 0 Å². The Kier molecular flexibility index (Phi) is 7.61. The molecule has 1 spiro atoms. The van der Waals surface area contributed by atoms with Crippen molar-refractivity contribution < 1.29 is 23.9 Å². The molecule has 3 heterocycles. The largest absolute Gasteiger partial charge is 0.497 e. The molecule has 2 aromatic carbocycles. The summed E-state index contributed by atoms with van der Waals surface area (Å²) in [5.74, 6) is 0.187. The van der Waals surface area contributed by atoms with Crippen LogP contribution in [0.1, 0.15) is 33.6 Å². The molecule has 3 saturated heterocycles. The van der Waals surface area contributed by atoms with Gasteiger partial charge in [-0.2, -0.15) is 0 Å². The Balaban J connectivity index is 1.39. The third-order valence-electron chi connectivity index (χ3n) is 7.82. The van der Waals surface area contributed by atoms with Gasteiger partial charge in [-0.15, -0.1) is 0 Å². The fourth-order valence-corrected chi connectivity index (χ4v) is 5.72. The number of amides is 3. The van der Waals surface area contributed by atoms with Gasteiger partial charge in [0.15, 0.2) is 0 Å². The number of carbonyl (C=O) groups is 3. The van der Waals surface area contributed by atoms with Crippen LogP contribution in [0.5, 0.6) is 5.75 Å². The molecule has 38 heavy (non-hydrogen) atoms. The van der Waals surface area contributed by atoms with E-state index >= 15 is 0 Å². The number of nitrogens with zero attached hydrogens (tertiary/aromatic N) is 4. The van der Waals surface area contributed by atoms with Crippen LogP contribution in [0.15, 0.2) is 48.5 Å². The van der Waals surface area contributed by atoms with Crippen LogP contribution in [-0.2, 0) is 9.53 Å². The van der Waals surface area contributed by atoms with Crippen molar-refractivity contribution in [3.05, 3.63) is 64.7 Å². The highest BCUT2D eigenvalue weighted by molar-refractivity contribution is 6.30. The maximum atomic E-state index is 14.0. The van der Waals surface area contributed by atoms with Gasteiger partial charge in [-0.1, -0.05) is 17.7 Å². The van der Waals surface area contributed by atoms with E-state index in [0.717, 1.165) is 13.1 Å². The number of methoxy groups -OCH3 is 1. The molecule has 5 rings (SSSR count). The van der Waals surface area contributed by atoms with E-state index in [4.69, 9.17) is 21.1 Å². The zero-order valence-corrected chi connectivity index (χ0v) is 22.5. The number of hydrogen-bond acceptors (Lipinski definition) is 6. The quantitative estimate of drug-likeness (QED) is 0.593. The molecule has 3 aliphatic rings. The number of benzene rings is 2. The smallest absolute Gasteiger partial charge is 0.256 e. The highest BCUT2D eigenvalue weighted by Crippen LogP contribution is 2.39. The number of ether oxygens (including phenoxy) is 2. The number of halogens is 1. The van der Waals surface area contributed by atoms with E-state index < -0.39 is 11.8 Å². The van der Waals surface area contributed by atoms with Crippen molar-refractivity contribution in [3.63, 3.8) is 0 Å². The molecule has 3 fully saturated rings. The van der Waals surface area contributed by atoms with E-state index in [1.54, 1.807) is 65.4 Å². The second kappa shape index (κ2) is 10.9. The summed E-state index contributed by atoms with van der Waals surface area (Å²) in [7, 11) is 3.61. The lowest BCUT2D eigenvalue weighted by Gasteiger charge is -2.45. The fourth-order valence-electron chi connectivity index (χ4n) is 5.53. The normalized spacial score (nSPS) is 21.6. The number of rotatable bonds is 4. The Morgan fingerprint density at radius 2 is 1.58 bits per heavy atom. The average molecular weight is 541 g/mol. The van der Waals surface area contributed by atoms with Gasteiger partial charge >= 0.3 is 0 Å². The number of piperazine rings is 1. The van der Waals surface area contributed by atoms with Crippen LogP contribution in [0, 0.1) is 0 Å². The third kappa shape index (κ3) is 5.10. The van der Waals surface area contributed by atoms with Gasteiger partial charge in [0, 0.05) is 68.3 Å². The zero-order valence-electron chi connectivity index (χ0n) is 21.8. The molecule has 0 radical (unpaired) electrons. The minimum Gasteiger partial charge on any atom is -0.497 e. The van der Waals surface area contributed by atoms with Crippen LogP contribution < -0.4 is 4.74 Å². The molecule has 3 aliphatic heterocycles. The van der Waals surface area contributed by atoms with Gasteiger partial charge in [-0.05, 0) is 49.5 Å². The Labute approximate surface area is 227 Å². The standard InChI is InChI=1S/C28H33ClN4O5/c1-30-14-16-32(17-15-30)27(36)24-19-38-28(33(24)26(35)20-6-8-23(37-2)9-7-20)10-12-31(13-11-28)25(34)21-4-3-5-22(29)18-21/h3-9,18,24H,10-17,19H2,1-2H3. The summed E-state index contributed by atoms with van der Waals surface area (Å²) < 4.78 is 11.6. The number of likely N-dealkylation sites (N-methyl/N-ethyl adjacent to an activating group) is 1. The molecule has 0 N–H and O–H groups in total. The topological polar surface area (TPSA) is 82.6 Å². The van der Waals surface area contributed by atoms with Crippen LogP contribution in [-0.4, -0.2) is 109 Å². The molecule has 0 aliphatic carbocycles. The molecule has 3 amide bonds. The number of piperidine rings is 1. The number of carbonyl (C=O) groups excluding carboxylic acids is 3. The van der Waals surface area contributed by atoms with Gasteiger partial charge in [0.05, 0.1) is 13.7 Å². The molecule has 1 atom stereocenters. The Bertz CT molecular complexity index is 1190. The first-order valence-electron chi connectivity index (χ1n) is 13.0. The molecule has 0 aromatic heterocycles. The fraction of sp³-hybridized carbons (Fsp3) is 0.464. The number of likely N-dealkylation sites (tertiary alicyclic amines) is 1. The van der Waals surface area contributed by atoms with Crippen molar-refractivity contribution in [2.24, 2.45) is 0 Å². The monoisotopic (exact) mass is 540 g/mol. The van der Waals surface area contributed by atoms with Crippen molar-refractivity contribution in [2.75, 3.05) is 60.0 Å². The number of hydrogen-bond donors (Lipinski definition) is 0. The van der Waals surface area contributed by atoms with Gasteiger partial charge in [0.25, 0.3) is 11.8 Å². The molecular weight excluding hydrogens is 508 g/mol. The Hall–Kier alpha value is -3.14.